The molecule has 1 aliphatic rings. The van der Waals surface area contributed by atoms with Gasteiger partial charge in [-0.15, -0.1) is 0 Å². The van der Waals surface area contributed by atoms with Gasteiger partial charge in [0.15, 0.2) is 0 Å². The van der Waals surface area contributed by atoms with E-state index in [1.807, 2.05) is 6.07 Å². The maximum absolute atomic E-state index is 6.04. The van der Waals surface area contributed by atoms with Crippen molar-refractivity contribution in [1.82, 2.24) is 0 Å². The Balaban J connectivity index is 2.41. The summed E-state index contributed by atoms with van der Waals surface area (Å²) in [4.78, 5) is 0. The highest BCUT2D eigenvalue weighted by Crippen LogP contribution is 2.32. The molecule has 1 heterocycles. The molecule has 2 nitrogen and oxygen atoms in total. The highest BCUT2D eigenvalue weighted by Gasteiger charge is 2.18. The van der Waals surface area contributed by atoms with Gasteiger partial charge in [0, 0.05) is 18.0 Å². The summed E-state index contributed by atoms with van der Waals surface area (Å²) in [7, 11) is 0. The van der Waals surface area contributed by atoms with Crippen LogP contribution in [0.4, 0.5) is 0 Å². The largest absolute Gasteiger partial charge is 0.493 e. The van der Waals surface area contributed by atoms with Crippen LogP contribution in [0.3, 0.4) is 0 Å². The fraction of sp³-hybridized carbons (Fsp3) is 0.500. The predicted octanol–water partition coefficient (Wildman–Crippen LogP) is 2.59. The maximum Gasteiger partial charge on any atom is 0.124 e. The van der Waals surface area contributed by atoms with Gasteiger partial charge in [0.2, 0.25) is 0 Å². The van der Waals surface area contributed by atoms with Crippen LogP contribution < -0.4 is 10.5 Å². The molecule has 1 aromatic carbocycles. The smallest absolute Gasteiger partial charge is 0.124 e. The number of hydrogen-bond donors (Lipinski definition) is 1. The van der Waals surface area contributed by atoms with Gasteiger partial charge in [-0.05, 0) is 17.5 Å². The van der Waals surface area contributed by atoms with Crippen molar-refractivity contribution >= 4 is 0 Å². The molecular weight excluding hydrogens is 174 g/mol. The molecular formula is C12H17NO. The Labute approximate surface area is 85.1 Å². The van der Waals surface area contributed by atoms with E-state index in [0.717, 1.165) is 18.8 Å². The highest BCUT2D eigenvalue weighted by molar-refractivity contribution is 5.41. The minimum Gasteiger partial charge on any atom is -0.493 e. The Kier molecular flexibility index (Phi) is 2.46. The van der Waals surface area contributed by atoms with E-state index in [9.17, 15) is 0 Å². The molecule has 0 saturated carbocycles. The van der Waals surface area contributed by atoms with Gasteiger partial charge < -0.3 is 10.5 Å². The molecule has 2 N–H and O–H groups in total. The van der Waals surface area contributed by atoms with E-state index in [0.29, 0.717) is 5.92 Å². The topological polar surface area (TPSA) is 35.2 Å². The molecule has 0 saturated heterocycles. The second-order valence-corrected chi connectivity index (χ2v) is 4.20. The van der Waals surface area contributed by atoms with Gasteiger partial charge in [-0.25, -0.2) is 0 Å². The molecule has 0 bridgehead atoms. The molecule has 0 unspecified atom stereocenters. The Morgan fingerprint density at radius 2 is 2.21 bits per heavy atom. The van der Waals surface area contributed by atoms with Gasteiger partial charge in [0.05, 0.1) is 6.61 Å². The third-order valence-electron chi connectivity index (χ3n) is 2.79. The van der Waals surface area contributed by atoms with Gasteiger partial charge in [0.1, 0.15) is 5.75 Å². The van der Waals surface area contributed by atoms with Crippen LogP contribution in [-0.4, -0.2) is 6.61 Å². The zero-order chi connectivity index (χ0) is 10.1. The van der Waals surface area contributed by atoms with Crippen molar-refractivity contribution in [2.45, 2.75) is 32.2 Å². The number of ether oxygens (including phenoxy) is 1. The lowest BCUT2D eigenvalue weighted by Crippen LogP contribution is -2.20. The lowest BCUT2D eigenvalue weighted by molar-refractivity contribution is 0.269. The Hall–Kier alpha value is -1.02. The zero-order valence-corrected chi connectivity index (χ0v) is 8.79. The molecule has 0 radical (unpaired) electrons. The summed E-state index contributed by atoms with van der Waals surface area (Å²) in [5.41, 5.74) is 8.54. The maximum atomic E-state index is 6.04. The van der Waals surface area contributed by atoms with Crippen molar-refractivity contribution in [2.24, 2.45) is 5.73 Å². The molecule has 1 atom stereocenters. The third-order valence-corrected chi connectivity index (χ3v) is 2.79. The number of rotatable bonds is 1. The molecule has 0 spiro atoms. The van der Waals surface area contributed by atoms with Crippen LogP contribution in [0.25, 0.3) is 0 Å². The lowest BCUT2D eigenvalue weighted by Gasteiger charge is -2.24. The molecule has 76 valence electrons. The van der Waals surface area contributed by atoms with Crippen LogP contribution in [0.1, 0.15) is 43.4 Å². The number of benzene rings is 1. The normalized spacial score (nSPS) is 20.4. The van der Waals surface area contributed by atoms with Crippen molar-refractivity contribution in [3.63, 3.8) is 0 Å². The van der Waals surface area contributed by atoms with Crippen LogP contribution in [0.5, 0.6) is 5.75 Å². The van der Waals surface area contributed by atoms with Crippen molar-refractivity contribution in [3.05, 3.63) is 29.3 Å². The fourth-order valence-corrected chi connectivity index (χ4v) is 1.80. The number of nitrogens with two attached hydrogens (primary N) is 1. The third kappa shape index (κ3) is 1.62. The summed E-state index contributed by atoms with van der Waals surface area (Å²) in [6.07, 6.45) is 0.925. The Morgan fingerprint density at radius 3 is 2.93 bits per heavy atom. The first-order valence-electron chi connectivity index (χ1n) is 5.20. The number of fused-ring (bicyclic) bond motifs is 1. The second kappa shape index (κ2) is 3.62. The van der Waals surface area contributed by atoms with Crippen LogP contribution in [0, 0.1) is 0 Å². The first kappa shape index (κ1) is 9.53. The van der Waals surface area contributed by atoms with E-state index in [1.165, 1.54) is 11.1 Å². The van der Waals surface area contributed by atoms with Crippen molar-refractivity contribution < 1.29 is 4.74 Å². The van der Waals surface area contributed by atoms with Crippen LogP contribution in [-0.2, 0) is 0 Å². The van der Waals surface area contributed by atoms with Gasteiger partial charge >= 0.3 is 0 Å². The summed E-state index contributed by atoms with van der Waals surface area (Å²) < 4.78 is 5.55. The summed E-state index contributed by atoms with van der Waals surface area (Å²) in [6, 6.07) is 6.51. The van der Waals surface area contributed by atoms with Crippen LogP contribution >= 0.6 is 0 Å². The summed E-state index contributed by atoms with van der Waals surface area (Å²) >= 11 is 0. The standard InChI is InChI=1S/C12H17NO/c1-8(2)9-3-4-12-10(7-9)11(13)5-6-14-12/h3-4,7-8,11H,5-6,13H2,1-2H3/t11-/m0/s1. The van der Waals surface area contributed by atoms with Gasteiger partial charge in [0.25, 0.3) is 0 Å². The second-order valence-electron chi connectivity index (χ2n) is 4.20. The first-order chi connectivity index (χ1) is 6.68. The minimum atomic E-state index is 0.150. The van der Waals surface area contributed by atoms with Gasteiger partial charge in [-0.3, -0.25) is 0 Å². The van der Waals surface area contributed by atoms with Crippen molar-refractivity contribution in [2.75, 3.05) is 6.61 Å². The Bertz CT molecular complexity index is 333. The highest BCUT2D eigenvalue weighted by atomic mass is 16.5. The SMILES string of the molecule is CC(C)c1ccc2c(c1)[C@@H](N)CCO2. The monoisotopic (exact) mass is 191 g/mol. The average molecular weight is 191 g/mol. The van der Waals surface area contributed by atoms with Crippen molar-refractivity contribution in [3.8, 4) is 5.75 Å². The Morgan fingerprint density at radius 1 is 1.43 bits per heavy atom. The lowest BCUT2D eigenvalue weighted by atomic mass is 9.95. The van der Waals surface area contributed by atoms with Crippen LogP contribution in [0.2, 0.25) is 0 Å². The van der Waals surface area contributed by atoms with Crippen LogP contribution in [0.15, 0.2) is 18.2 Å². The summed E-state index contributed by atoms with van der Waals surface area (Å²) in [5.74, 6) is 1.52. The fourth-order valence-electron chi connectivity index (χ4n) is 1.80. The van der Waals surface area contributed by atoms with E-state index >= 15 is 0 Å². The molecule has 1 aliphatic heterocycles. The van der Waals surface area contributed by atoms with E-state index in [-0.39, 0.29) is 6.04 Å². The molecule has 2 heteroatoms. The number of hydrogen-bond acceptors (Lipinski definition) is 2. The van der Waals surface area contributed by atoms with Gasteiger partial charge in [-0.1, -0.05) is 26.0 Å². The first-order valence-corrected chi connectivity index (χ1v) is 5.20. The molecule has 0 aromatic heterocycles. The molecule has 1 aromatic rings. The molecule has 0 aliphatic carbocycles. The molecule has 0 fully saturated rings. The quantitative estimate of drug-likeness (QED) is 0.740. The molecule has 0 amide bonds. The summed E-state index contributed by atoms with van der Waals surface area (Å²) in [6.45, 7) is 5.13. The van der Waals surface area contributed by atoms with E-state index in [4.69, 9.17) is 10.5 Å². The minimum absolute atomic E-state index is 0.150. The average Bonchev–Trinajstić information content (AvgIpc) is 2.18. The van der Waals surface area contributed by atoms with E-state index in [1.54, 1.807) is 0 Å². The summed E-state index contributed by atoms with van der Waals surface area (Å²) in [5, 5.41) is 0. The molecule has 14 heavy (non-hydrogen) atoms. The predicted molar refractivity (Wildman–Crippen MR) is 57.6 cm³/mol. The molecule has 2 rings (SSSR count). The van der Waals surface area contributed by atoms with Gasteiger partial charge in [-0.2, -0.15) is 0 Å². The van der Waals surface area contributed by atoms with Crippen molar-refractivity contribution in [1.29, 1.82) is 0 Å². The van der Waals surface area contributed by atoms with E-state index < -0.39 is 0 Å². The zero-order valence-electron chi connectivity index (χ0n) is 8.79. The van der Waals surface area contributed by atoms with E-state index in [2.05, 4.69) is 26.0 Å².